The van der Waals surface area contributed by atoms with Crippen LogP contribution in [0.25, 0.3) is 5.57 Å². The van der Waals surface area contributed by atoms with Crippen molar-refractivity contribution in [2.75, 3.05) is 0 Å². The molecule has 0 fully saturated rings. The molecule has 0 spiro atoms. The van der Waals surface area contributed by atoms with Gasteiger partial charge in [-0.1, -0.05) is 6.07 Å². The van der Waals surface area contributed by atoms with Crippen LogP contribution < -0.4 is 0 Å². The minimum atomic E-state index is -0.180. The first-order valence-electron chi connectivity index (χ1n) is 4.21. The Morgan fingerprint density at radius 3 is 2.36 bits per heavy atom. The molecule has 1 aromatic rings. The Kier molecular flexibility index (Phi) is 2.92. The number of phenols is 2. The smallest absolute Gasteiger partial charge is 0.157 e. The Balaban J connectivity index is 3.21. The number of aromatic hydroxyl groups is 2. The molecular formula is C11H12O3. The van der Waals surface area contributed by atoms with Gasteiger partial charge in [0.05, 0.1) is 0 Å². The number of hydrogen-bond donors (Lipinski definition) is 2. The topological polar surface area (TPSA) is 57.5 Å². The van der Waals surface area contributed by atoms with Gasteiger partial charge >= 0.3 is 0 Å². The van der Waals surface area contributed by atoms with Gasteiger partial charge < -0.3 is 10.2 Å². The number of carbonyl (C=O) groups excluding carboxylic acids is 1. The Morgan fingerprint density at radius 1 is 1.21 bits per heavy atom. The second kappa shape index (κ2) is 3.96. The lowest BCUT2D eigenvalue weighted by atomic mass is 10.0. The first-order valence-corrected chi connectivity index (χ1v) is 4.21. The molecule has 0 atom stereocenters. The number of benzene rings is 1. The van der Waals surface area contributed by atoms with Crippen LogP contribution in [0.2, 0.25) is 0 Å². The summed E-state index contributed by atoms with van der Waals surface area (Å²) in [5.74, 6) is -0.342. The Labute approximate surface area is 82.3 Å². The SMILES string of the molecule is CC(C=O)=C(C)c1ccc(O)c(O)c1. The predicted octanol–water partition coefficient (Wildman–Crippen LogP) is 2.09. The van der Waals surface area contributed by atoms with Crippen LogP contribution in [0.15, 0.2) is 23.8 Å². The monoisotopic (exact) mass is 192 g/mol. The van der Waals surface area contributed by atoms with Gasteiger partial charge in [0.2, 0.25) is 0 Å². The summed E-state index contributed by atoms with van der Waals surface area (Å²) in [7, 11) is 0. The molecule has 0 heterocycles. The second-order valence-electron chi connectivity index (χ2n) is 3.13. The van der Waals surface area contributed by atoms with Crippen LogP contribution >= 0.6 is 0 Å². The molecule has 1 aromatic carbocycles. The van der Waals surface area contributed by atoms with Crippen LogP contribution in [0.1, 0.15) is 19.4 Å². The van der Waals surface area contributed by atoms with Crippen LogP contribution in [0.5, 0.6) is 11.5 Å². The van der Waals surface area contributed by atoms with Gasteiger partial charge in [0, 0.05) is 0 Å². The highest BCUT2D eigenvalue weighted by Crippen LogP contribution is 2.28. The van der Waals surface area contributed by atoms with Crippen molar-refractivity contribution in [3.63, 3.8) is 0 Å². The van der Waals surface area contributed by atoms with Gasteiger partial charge in [-0.25, -0.2) is 0 Å². The molecule has 0 radical (unpaired) electrons. The molecular weight excluding hydrogens is 180 g/mol. The molecule has 0 aliphatic rings. The number of hydrogen-bond acceptors (Lipinski definition) is 3. The summed E-state index contributed by atoms with van der Waals surface area (Å²) in [4.78, 5) is 10.5. The quantitative estimate of drug-likeness (QED) is 0.428. The maximum atomic E-state index is 10.5. The molecule has 3 nitrogen and oxygen atoms in total. The number of allylic oxidation sites excluding steroid dienone is 2. The number of aldehydes is 1. The molecule has 0 aliphatic carbocycles. The largest absolute Gasteiger partial charge is 0.504 e. The van der Waals surface area contributed by atoms with E-state index in [2.05, 4.69) is 0 Å². The van der Waals surface area contributed by atoms with E-state index in [0.29, 0.717) is 5.57 Å². The minimum Gasteiger partial charge on any atom is -0.504 e. The highest BCUT2D eigenvalue weighted by atomic mass is 16.3. The molecule has 14 heavy (non-hydrogen) atoms. The summed E-state index contributed by atoms with van der Waals surface area (Å²) in [6, 6.07) is 4.47. The lowest BCUT2D eigenvalue weighted by molar-refractivity contribution is -0.104. The Bertz CT molecular complexity index is 392. The van der Waals surface area contributed by atoms with Gasteiger partial charge in [0.1, 0.15) is 6.29 Å². The van der Waals surface area contributed by atoms with Gasteiger partial charge in [-0.05, 0) is 42.7 Å². The van der Waals surface area contributed by atoms with E-state index >= 15 is 0 Å². The van der Waals surface area contributed by atoms with Gasteiger partial charge in [-0.15, -0.1) is 0 Å². The normalized spacial score (nSPS) is 12.1. The molecule has 74 valence electrons. The van der Waals surface area contributed by atoms with Crippen LogP contribution in [0, 0.1) is 0 Å². The third kappa shape index (κ3) is 1.93. The Morgan fingerprint density at radius 2 is 1.86 bits per heavy atom. The zero-order chi connectivity index (χ0) is 10.7. The van der Waals surface area contributed by atoms with Crippen molar-refractivity contribution in [3.8, 4) is 11.5 Å². The predicted molar refractivity (Wildman–Crippen MR) is 54.1 cm³/mol. The lowest BCUT2D eigenvalue weighted by Crippen LogP contribution is -1.86. The van der Waals surface area contributed by atoms with Gasteiger partial charge in [-0.3, -0.25) is 4.79 Å². The van der Waals surface area contributed by atoms with Crippen LogP contribution in [0.3, 0.4) is 0 Å². The standard InChI is InChI=1S/C11H12O3/c1-7(6-12)8(2)9-3-4-10(13)11(14)5-9/h3-6,13-14H,1-2H3. The molecule has 0 saturated heterocycles. The second-order valence-corrected chi connectivity index (χ2v) is 3.13. The third-order valence-electron chi connectivity index (χ3n) is 2.18. The maximum absolute atomic E-state index is 10.5. The summed E-state index contributed by atoms with van der Waals surface area (Å²) in [6.45, 7) is 3.49. The van der Waals surface area contributed by atoms with Gasteiger partial charge in [0.15, 0.2) is 11.5 Å². The summed E-state index contributed by atoms with van der Waals surface area (Å²) in [5, 5.41) is 18.3. The van der Waals surface area contributed by atoms with E-state index in [1.54, 1.807) is 19.9 Å². The van der Waals surface area contributed by atoms with E-state index in [-0.39, 0.29) is 11.5 Å². The molecule has 0 amide bonds. The summed E-state index contributed by atoms with van der Waals surface area (Å²) in [5.41, 5.74) is 2.12. The fourth-order valence-corrected chi connectivity index (χ4v) is 1.07. The van der Waals surface area contributed by atoms with Gasteiger partial charge in [0.25, 0.3) is 0 Å². The molecule has 0 saturated carbocycles. The molecule has 0 unspecified atom stereocenters. The molecule has 2 N–H and O–H groups in total. The van der Waals surface area contributed by atoms with Crippen molar-refractivity contribution in [1.29, 1.82) is 0 Å². The van der Waals surface area contributed by atoms with E-state index < -0.39 is 0 Å². The average Bonchev–Trinajstić information content (AvgIpc) is 2.20. The summed E-state index contributed by atoms with van der Waals surface area (Å²) in [6.07, 6.45) is 0.763. The number of carbonyl (C=O) groups is 1. The van der Waals surface area contributed by atoms with Crippen molar-refractivity contribution in [1.82, 2.24) is 0 Å². The molecule has 0 aromatic heterocycles. The van der Waals surface area contributed by atoms with Crippen molar-refractivity contribution in [2.24, 2.45) is 0 Å². The first kappa shape index (κ1) is 10.3. The van der Waals surface area contributed by atoms with E-state index in [0.717, 1.165) is 17.4 Å². The third-order valence-corrected chi connectivity index (χ3v) is 2.18. The van der Waals surface area contributed by atoms with Gasteiger partial charge in [-0.2, -0.15) is 0 Å². The maximum Gasteiger partial charge on any atom is 0.157 e. The van der Waals surface area contributed by atoms with Crippen LogP contribution in [-0.4, -0.2) is 16.5 Å². The Hall–Kier alpha value is -1.77. The minimum absolute atomic E-state index is 0.162. The van der Waals surface area contributed by atoms with E-state index in [4.69, 9.17) is 5.11 Å². The molecule has 1 rings (SSSR count). The average molecular weight is 192 g/mol. The zero-order valence-electron chi connectivity index (χ0n) is 8.11. The molecule has 3 heteroatoms. The van der Waals surface area contributed by atoms with Crippen molar-refractivity contribution >= 4 is 11.9 Å². The fourth-order valence-electron chi connectivity index (χ4n) is 1.07. The zero-order valence-corrected chi connectivity index (χ0v) is 8.11. The van der Waals surface area contributed by atoms with Crippen molar-refractivity contribution in [2.45, 2.75) is 13.8 Å². The van der Waals surface area contributed by atoms with Crippen LogP contribution in [0.4, 0.5) is 0 Å². The molecule has 0 bridgehead atoms. The summed E-state index contributed by atoms with van der Waals surface area (Å²) < 4.78 is 0. The van der Waals surface area contributed by atoms with Crippen LogP contribution in [-0.2, 0) is 4.79 Å². The highest BCUT2D eigenvalue weighted by Gasteiger charge is 2.04. The van der Waals surface area contributed by atoms with E-state index in [1.165, 1.54) is 12.1 Å². The first-order chi connectivity index (χ1) is 6.56. The highest BCUT2D eigenvalue weighted by molar-refractivity contribution is 5.87. The number of rotatable bonds is 2. The van der Waals surface area contributed by atoms with E-state index in [1.807, 2.05) is 0 Å². The summed E-state index contributed by atoms with van der Waals surface area (Å²) >= 11 is 0. The van der Waals surface area contributed by atoms with E-state index in [9.17, 15) is 9.90 Å². The lowest BCUT2D eigenvalue weighted by Gasteiger charge is -2.04. The van der Waals surface area contributed by atoms with Crippen molar-refractivity contribution < 1.29 is 15.0 Å². The fraction of sp³-hybridized carbons (Fsp3) is 0.182. The molecule has 0 aliphatic heterocycles. The van der Waals surface area contributed by atoms with Crippen molar-refractivity contribution in [3.05, 3.63) is 29.3 Å². The number of phenolic OH excluding ortho intramolecular Hbond substituents is 2.